The molecule has 6 heteroatoms. The number of benzene rings is 1. The Labute approximate surface area is 142 Å². The third kappa shape index (κ3) is 2.41. The van der Waals surface area contributed by atoms with E-state index in [-0.39, 0.29) is 11.8 Å². The highest BCUT2D eigenvalue weighted by Gasteiger charge is 2.38. The van der Waals surface area contributed by atoms with Crippen molar-refractivity contribution in [1.82, 2.24) is 14.8 Å². The van der Waals surface area contributed by atoms with Crippen LogP contribution in [0.15, 0.2) is 40.0 Å². The molecule has 0 unspecified atom stereocenters. The maximum absolute atomic E-state index is 12.8. The van der Waals surface area contributed by atoms with Gasteiger partial charge in [-0.15, -0.1) is 0 Å². The van der Waals surface area contributed by atoms with Crippen molar-refractivity contribution in [3.05, 3.63) is 51.4 Å². The second-order valence-electron chi connectivity index (χ2n) is 6.34. The van der Waals surface area contributed by atoms with Gasteiger partial charge < -0.3 is 5.32 Å². The molecule has 1 aromatic heterocycles. The summed E-state index contributed by atoms with van der Waals surface area (Å²) in [5.41, 5.74) is 2.87. The first-order valence-electron chi connectivity index (χ1n) is 7.75. The molecule has 2 heterocycles. The molecular formula is C17H17BrN4O. The smallest absolute Gasteiger partial charge is 0.226 e. The predicted octanol–water partition coefficient (Wildman–Crippen LogP) is 3.62. The molecule has 5 nitrogen and oxygen atoms in total. The zero-order chi connectivity index (χ0) is 16.1. The second-order valence-corrected chi connectivity index (χ2v) is 7.25. The van der Waals surface area contributed by atoms with Crippen molar-refractivity contribution in [2.75, 3.05) is 5.32 Å². The van der Waals surface area contributed by atoms with E-state index in [0.717, 1.165) is 27.7 Å². The van der Waals surface area contributed by atoms with Gasteiger partial charge >= 0.3 is 0 Å². The second kappa shape index (κ2) is 5.30. The van der Waals surface area contributed by atoms with E-state index in [1.165, 1.54) is 0 Å². The lowest BCUT2D eigenvalue weighted by Gasteiger charge is -2.34. The van der Waals surface area contributed by atoms with E-state index < -0.39 is 0 Å². The molecule has 23 heavy (non-hydrogen) atoms. The minimum Gasteiger partial charge on any atom is -0.328 e. The summed E-state index contributed by atoms with van der Waals surface area (Å²) < 4.78 is 2.83. The quantitative estimate of drug-likeness (QED) is 0.830. The fraction of sp³-hybridized carbons (Fsp3) is 0.353. The first-order chi connectivity index (χ1) is 11.0. The number of anilines is 1. The molecule has 0 bridgehead atoms. The largest absolute Gasteiger partial charge is 0.328 e. The van der Waals surface area contributed by atoms with Gasteiger partial charge in [0, 0.05) is 22.2 Å². The molecule has 2 atom stereocenters. The number of hydrogen-bond acceptors (Lipinski definition) is 4. The first kappa shape index (κ1) is 14.6. The average Bonchev–Trinajstić information content (AvgIpc) is 2.84. The predicted molar refractivity (Wildman–Crippen MR) is 91.1 cm³/mol. The molecule has 1 aliphatic carbocycles. The van der Waals surface area contributed by atoms with Crippen LogP contribution in [0, 0.1) is 12.8 Å². The Morgan fingerprint density at radius 2 is 2.17 bits per heavy atom. The Morgan fingerprint density at radius 3 is 2.96 bits per heavy atom. The molecule has 0 saturated heterocycles. The summed E-state index contributed by atoms with van der Waals surface area (Å²) >= 11 is 3.52. The van der Waals surface area contributed by atoms with Crippen LogP contribution in [-0.4, -0.2) is 20.5 Å². The van der Waals surface area contributed by atoms with Gasteiger partial charge in [-0.3, -0.25) is 4.79 Å². The van der Waals surface area contributed by atoms with Crippen LogP contribution in [0.3, 0.4) is 0 Å². The third-order valence-electron chi connectivity index (χ3n) is 4.39. The van der Waals surface area contributed by atoms with Crippen LogP contribution in [-0.2, 0) is 4.79 Å². The molecule has 0 amide bonds. The van der Waals surface area contributed by atoms with Crippen LogP contribution in [0.2, 0.25) is 0 Å². The molecule has 118 valence electrons. The number of rotatable bonds is 1. The molecule has 0 radical (unpaired) electrons. The number of nitrogens with one attached hydrogen (secondary N) is 1. The maximum Gasteiger partial charge on any atom is 0.226 e. The van der Waals surface area contributed by atoms with Crippen LogP contribution in [0.1, 0.15) is 37.2 Å². The number of carbonyl (C=O) groups excluding carboxylic acids is 1. The summed E-state index contributed by atoms with van der Waals surface area (Å²) in [6, 6.07) is 7.85. The first-order valence-corrected chi connectivity index (χ1v) is 8.54. The summed E-state index contributed by atoms with van der Waals surface area (Å²) in [5, 5.41) is 7.86. The minimum atomic E-state index is -0.208. The van der Waals surface area contributed by atoms with Gasteiger partial charge in [-0.2, -0.15) is 10.1 Å². The number of carbonyl (C=O) groups is 1. The zero-order valence-electron chi connectivity index (χ0n) is 13.0. The van der Waals surface area contributed by atoms with Gasteiger partial charge in [0.25, 0.3) is 0 Å². The number of allylic oxidation sites excluding steroid dienone is 2. The molecule has 1 aromatic carbocycles. The molecule has 1 N–H and O–H groups in total. The van der Waals surface area contributed by atoms with E-state index >= 15 is 0 Å². The number of nitrogens with zero attached hydrogens (tertiary/aromatic N) is 3. The van der Waals surface area contributed by atoms with Crippen LogP contribution in [0.5, 0.6) is 0 Å². The van der Waals surface area contributed by atoms with Crippen molar-refractivity contribution in [2.45, 2.75) is 32.7 Å². The lowest BCUT2D eigenvalue weighted by Crippen LogP contribution is -2.33. The Balaban J connectivity index is 1.93. The van der Waals surface area contributed by atoms with Crippen molar-refractivity contribution >= 4 is 27.7 Å². The van der Waals surface area contributed by atoms with Crippen molar-refractivity contribution in [2.24, 2.45) is 5.92 Å². The van der Waals surface area contributed by atoms with Crippen molar-refractivity contribution in [3.8, 4) is 0 Å². The lowest BCUT2D eigenvalue weighted by molar-refractivity contribution is -0.117. The van der Waals surface area contributed by atoms with Crippen molar-refractivity contribution in [3.63, 3.8) is 0 Å². The van der Waals surface area contributed by atoms with Gasteiger partial charge in [-0.05, 0) is 37.0 Å². The molecule has 2 aromatic rings. The monoisotopic (exact) mass is 372 g/mol. The van der Waals surface area contributed by atoms with E-state index in [1.807, 2.05) is 35.9 Å². The number of aryl methyl sites for hydroxylation is 1. The number of Topliss-reactive ketones (excluding diaryl/α,β-unsaturated/α-hetero) is 1. The van der Waals surface area contributed by atoms with Gasteiger partial charge in [0.1, 0.15) is 11.9 Å². The number of fused-ring (bicyclic) bond motifs is 1. The van der Waals surface area contributed by atoms with Crippen molar-refractivity contribution in [1.29, 1.82) is 0 Å². The number of ketones is 1. The molecule has 0 fully saturated rings. The minimum absolute atomic E-state index is 0.204. The Bertz CT molecular complexity index is 839. The van der Waals surface area contributed by atoms with E-state index in [0.29, 0.717) is 24.1 Å². The molecule has 2 aliphatic rings. The van der Waals surface area contributed by atoms with E-state index in [2.05, 4.69) is 38.3 Å². The summed E-state index contributed by atoms with van der Waals surface area (Å²) in [6.45, 7) is 3.98. The van der Waals surface area contributed by atoms with Gasteiger partial charge in [-0.1, -0.05) is 35.0 Å². The lowest BCUT2D eigenvalue weighted by atomic mass is 9.81. The van der Waals surface area contributed by atoms with Gasteiger partial charge in [0.05, 0.1) is 0 Å². The SMILES string of the molecule is Cc1nc2n(n1)[C@H](c1cccc(Br)c1)C1=C(C[C@H](C)CC1=O)N2. The fourth-order valence-electron chi connectivity index (χ4n) is 3.50. The van der Waals surface area contributed by atoms with Crippen LogP contribution < -0.4 is 5.32 Å². The van der Waals surface area contributed by atoms with Crippen LogP contribution in [0.4, 0.5) is 5.95 Å². The Morgan fingerprint density at radius 1 is 1.35 bits per heavy atom. The van der Waals surface area contributed by atoms with E-state index in [9.17, 15) is 4.79 Å². The highest BCUT2D eigenvalue weighted by molar-refractivity contribution is 9.10. The van der Waals surface area contributed by atoms with Gasteiger partial charge in [0.15, 0.2) is 5.78 Å². The van der Waals surface area contributed by atoms with Gasteiger partial charge in [0.2, 0.25) is 5.95 Å². The Hall–Kier alpha value is -1.95. The maximum atomic E-state index is 12.8. The summed E-state index contributed by atoms with van der Waals surface area (Å²) in [6.07, 6.45) is 1.46. The van der Waals surface area contributed by atoms with Crippen LogP contribution in [0.25, 0.3) is 0 Å². The number of aromatic nitrogens is 3. The zero-order valence-corrected chi connectivity index (χ0v) is 14.6. The van der Waals surface area contributed by atoms with Crippen LogP contribution >= 0.6 is 15.9 Å². The average molecular weight is 373 g/mol. The highest BCUT2D eigenvalue weighted by Crippen LogP contribution is 2.41. The third-order valence-corrected chi connectivity index (χ3v) is 4.89. The summed E-state index contributed by atoms with van der Waals surface area (Å²) in [7, 11) is 0. The van der Waals surface area contributed by atoms with E-state index in [1.54, 1.807) is 0 Å². The molecule has 0 saturated carbocycles. The fourth-order valence-corrected chi connectivity index (χ4v) is 3.92. The summed E-state index contributed by atoms with van der Waals surface area (Å²) in [4.78, 5) is 17.2. The summed E-state index contributed by atoms with van der Waals surface area (Å²) in [5.74, 6) is 1.98. The number of hydrogen-bond donors (Lipinski definition) is 1. The molecule has 4 rings (SSSR count). The highest BCUT2D eigenvalue weighted by atomic mass is 79.9. The topological polar surface area (TPSA) is 59.8 Å². The standard InChI is InChI=1S/C17H17BrN4O/c1-9-6-13-15(14(23)7-9)16(11-4-3-5-12(18)8-11)22-17(20-13)19-10(2)21-22/h3-5,8-9,16H,6-7H2,1-2H3,(H,19,20,21)/t9-,16+/m0/s1. The number of halogens is 1. The Kier molecular flexibility index (Phi) is 3.37. The van der Waals surface area contributed by atoms with Gasteiger partial charge in [-0.25, -0.2) is 4.68 Å². The normalized spacial score (nSPS) is 23.3. The molecule has 0 spiro atoms. The van der Waals surface area contributed by atoms with Crippen molar-refractivity contribution < 1.29 is 4.79 Å². The molecular weight excluding hydrogens is 356 g/mol. The molecule has 1 aliphatic heterocycles. The van der Waals surface area contributed by atoms with E-state index in [4.69, 9.17) is 0 Å².